The van der Waals surface area contributed by atoms with Crippen molar-refractivity contribution < 1.29 is 14.3 Å². The van der Waals surface area contributed by atoms with Crippen LogP contribution in [0, 0.1) is 6.92 Å². The first-order valence-electron chi connectivity index (χ1n) is 6.50. The monoisotopic (exact) mass is 270 g/mol. The Bertz CT molecular complexity index is 590. The highest BCUT2D eigenvalue weighted by molar-refractivity contribution is 5.98. The van der Waals surface area contributed by atoms with E-state index in [4.69, 9.17) is 9.47 Å². The van der Waals surface area contributed by atoms with Gasteiger partial charge in [-0.15, -0.1) is 0 Å². The van der Waals surface area contributed by atoms with Crippen LogP contribution in [-0.2, 0) is 11.3 Å². The number of rotatable bonds is 6. The number of methoxy groups -OCH3 is 1. The fourth-order valence-corrected chi connectivity index (χ4v) is 2.00. The molecule has 3 nitrogen and oxygen atoms in total. The summed E-state index contributed by atoms with van der Waals surface area (Å²) in [6, 6.07) is 15.1. The SMILES string of the molecule is COCc1cccc(OCC(=O)c2ccccc2C)c1. The van der Waals surface area contributed by atoms with Crippen LogP contribution in [0.25, 0.3) is 0 Å². The third-order valence-corrected chi connectivity index (χ3v) is 3.02. The van der Waals surface area contributed by atoms with E-state index in [1.165, 1.54) is 0 Å². The van der Waals surface area contributed by atoms with Crippen LogP contribution < -0.4 is 4.74 Å². The van der Waals surface area contributed by atoms with Gasteiger partial charge in [0, 0.05) is 12.7 Å². The molecule has 0 aliphatic rings. The number of aryl methyl sites for hydroxylation is 1. The van der Waals surface area contributed by atoms with Gasteiger partial charge in [0.15, 0.2) is 12.4 Å². The molecule has 0 radical (unpaired) electrons. The Balaban J connectivity index is 2.00. The van der Waals surface area contributed by atoms with Crippen molar-refractivity contribution in [3.8, 4) is 5.75 Å². The van der Waals surface area contributed by atoms with Crippen LogP contribution in [0.15, 0.2) is 48.5 Å². The lowest BCUT2D eigenvalue weighted by Crippen LogP contribution is -2.12. The van der Waals surface area contributed by atoms with Crippen molar-refractivity contribution in [3.63, 3.8) is 0 Å². The van der Waals surface area contributed by atoms with E-state index < -0.39 is 0 Å². The van der Waals surface area contributed by atoms with Crippen molar-refractivity contribution in [2.45, 2.75) is 13.5 Å². The molecule has 0 unspecified atom stereocenters. The average Bonchev–Trinajstić information content (AvgIpc) is 2.46. The lowest BCUT2D eigenvalue weighted by molar-refractivity contribution is 0.0920. The highest BCUT2D eigenvalue weighted by Crippen LogP contribution is 2.15. The number of Topliss-reactive ketones (excluding diaryl/α,β-unsaturated/α-hetero) is 1. The predicted octanol–water partition coefficient (Wildman–Crippen LogP) is 3.40. The molecule has 0 fully saturated rings. The van der Waals surface area contributed by atoms with Gasteiger partial charge in [-0.1, -0.05) is 36.4 Å². The fraction of sp³-hybridized carbons (Fsp3) is 0.235. The number of ketones is 1. The normalized spacial score (nSPS) is 10.3. The Morgan fingerprint density at radius 1 is 1.10 bits per heavy atom. The Labute approximate surface area is 119 Å². The number of benzene rings is 2. The minimum absolute atomic E-state index is 0.0137. The van der Waals surface area contributed by atoms with Crippen molar-refractivity contribution in [1.82, 2.24) is 0 Å². The summed E-state index contributed by atoms with van der Waals surface area (Å²) in [6.07, 6.45) is 0. The highest BCUT2D eigenvalue weighted by atomic mass is 16.5. The van der Waals surface area contributed by atoms with E-state index in [0.717, 1.165) is 11.1 Å². The molecule has 2 aromatic carbocycles. The second-order valence-electron chi connectivity index (χ2n) is 4.61. The van der Waals surface area contributed by atoms with Crippen molar-refractivity contribution in [2.24, 2.45) is 0 Å². The molecular weight excluding hydrogens is 252 g/mol. The van der Waals surface area contributed by atoms with Crippen molar-refractivity contribution >= 4 is 5.78 Å². The van der Waals surface area contributed by atoms with E-state index in [0.29, 0.717) is 17.9 Å². The molecule has 0 atom stereocenters. The molecule has 2 aromatic rings. The maximum atomic E-state index is 12.1. The van der Waals surface area contributed by atoms with Crippen LogP contribution in [0.4, 0.5) is 0 Å². The van der Waals surface area contributed by atoms with Gasteiger partial charge in [0.2, 0.25) is 0 Å². The molecule has 0 aliphatic heterocycles. The summed E-state index contributed by atoms with van der Waals surface area (Å²) in [5.41, 5.74) is 2.70. The minimum Gasteiger partial charge on any atom is -0.485 e. The van der Waals surface area contributed by atoms with Gasteiger partial charge in [0.1, 0.15) is 5.75 Å². The third kappa shape index (κ3) is 3.68. The molecule has 0 saturated carbocycles. The van der Waals surface area contributed by atoms with Crippen LogP contribution in [0.3, 0.4) is 0 Å². The number of carbonyl (C=O) groups is 1. The molecule has 0 heterocycles. The Kier molecular flexibility index (Phi) is 4.91. The van der Waals surface area contributed by atoms with Crippen molar-refractivity contribution in [1.29, 1.82) is 0 Å². The molecule has 0 aromatic heterocycles. The summed E-state index contributed by atoms with van der Waals surface area (Å²) in [6.45, 7) is 2.50. The second kappa shape index (κ2) is 6.87. The molecular formula is C17H18O3. The molecule has 0 bridgehead atoms. The maximum Gasteiger partial charge on any atom is 0.200 e. The summed E-state index contributed by atoms with van der Waals surface area (Å²) < 4.78 is 10.6. The van der Waals surface area contributed by atoms with Crippen LogP contribution in [-0.4, -0.2) is 19.5 Å². The van der Waals surface area contributed by atoms with Crippen LogP contribution in [0.1, 0.15) is 21.5 Å². The smallest absolute Gasteiger partial charge is 0.200 e. The van der Waals surface area contributed by atoms with Gasteiger partial charge < -0.3 is 9.47 Å². The number of ether oxygens (including phenoxy) is 2. The van der Waals surface area contributed by atoms with Gasteiger partial charge >= 0.3 is 0 Å². The zero-order valence-corrected chi connectivity index (χ0v) is 11.8. The standard InChI is InChI=1S/C17H18O3/c1-13-6-3-4-9-16(13)17(18)12-20-15-8-5-7-14(10-15)11-19-2/h3-10H,11-12H2,1-2H3. The van der Waals surface area contributed by atoms with E-state index in [1.807, 2.05) is 55.5 Å². The van der Waals surface area contributed by atoms with E-state index >= 15 is 0 Å². The molecule has 0 spiro atoms. The number of carbonyl (C=O) groups excluding carboxylic acids is 1. The quantitative estimate of drug-likeness (QED) is 0.755. The largest absolute Gasteiger partial charge is 0.485 e. The molecule has 20 heavy (non-hydrogen) atoms. The first-order chi connectivity index (χ1) is 9.70. The van der Waals surface area contributed by atoms with Gasteiger partial charge in [0.25, 0.3) is 0 Å². The number of hydrogen-bond acceptors (Lipinski definition) is 3. The zero-order valence-electron chi connectivity index (χ0n) is 11.8. The maximum absolute atomic E-state index is 12.1. The first-order valence-corrected chi connectivity index (χ1v) is 6.50. The summed E-state index contributed by atoms with van der Waals surface area (Å²) in [4.78, 5) is 12.1. The summed E-state index contributed by atoms with van der Waals surface area (Å²) in [7, 11) is 1.65. The lowest BCUT2D eigenvalue weighted by atomic mass is 10.1. The zero-order chi connectivity index (χ0) is 14.4. The Hall–Kier alpha value is -2.13. The van der Waals surface area contributed by atoms with Crippen LogP contribution >= 0.6 is 0 Å². The van der Waals surface area contributed by atoms with Gasteiger partial charge in [-0.25, -0.2) is 0 Å². The molecule has 0 saturated heterocycles. The third-order valence-electron chi connectivity index (χ3n) is 3.02. The summed E-state index contributed by atoms with van der Waals surface area (Å²) in [5.74, 6) is 0.668. The summed E-state index contributed by atoms with van der Waals surface area (Å²) >= 11 is 0. The van der Waals surface area contributed by atoms with Crippen molar-refractivity contribution in [2.75, 3.05) is 13.7 Å². The van der Waals surface area contributed by atoms with E-state index in [2.05, 4.69) is 0 Å². The van der Waals surface area contributed by atoms with E-state index in [9.17, 15) is 4.79 Å². The topological polar surface area (TPSA) is 35.5 Å². The van der Waals surface area contributed by atoms with E-state index in [-0.39, 0.29) is 12.4 Å². The molecule has 0 N–H and O–H groups in total. The van der Waals surface area contributed by atoms with Gasteiger partial charge in [-0.05, 0) is 30.2 Å². The highest BCUT2D eigenvalue weighted by Gasteiger charge is 2.09. The second-order valence-corrected chi connectivity index (χ2v) is 4.61. The Morgan fingerprint density at radius 3 is 2.65 bits per heavy atom. The van der Waals surface area contributed by atoms with Gasteiger partial charge in [-0.3, -0.25) is 4.79 Å². The van der Waals surface area contributed by atoms with Gasteiger partial charge in [-0.2, -0.15) is 0 Å². The molecule has 2 rings (SSSR count). The number of hydrogen-bond donors (Lipinski definition) is 0. The average molecular weight is 270 g/mol. The first kappa shape index (κ1) is 14.3. The molecule has 0 aliphatic carbocycles. The summed E-state index contributed by atoms with van der Waals surface area (Å²) in [5, 5.41) is 0. The molecule has 0 amide bonds. The van der Waals surface area contributed by atoms with Gasteiger partial charge in [0.05, 0.1) is 6.61 Å². The van der Waals surface area contributed by atoms with Crippen LogP contribution in [0.5, 0.6) is 5.75 Å². The molecule has 3 heteroatoms. The minimum atomic E-state index is -0.0137. The van der Waals surface area contributed by atoms with Crippen LogP contribution in [0.2, 0.25) is 0 Å². The Morgan fingerprint density at radius 2 is 1.90 bits per heavy atom. The van der Waals surface area contributed by atoms with E-state index in [1.54, 1.807) is 7.11 Å². The lowest BCUT2D eigenvalue weighted by Gasteiger charge is -2.08. The fourth-order valence-electron chi connectivity index (χ4n) is 2.00. The molecule has 104 valence electrons. The van der Waals surface area contributed by atoms with Crippen molar-refractivity contribution in [3.05, 3.63) is 65.2 Å². The predicted molar refractivity (Wildman–Crippen MR) is 78.2 cm³/mol.